The summed E-state index contributed by atoms with van der Waals surface area (Å²) in [5.41, 5.74) is 0. The van der Waals surface area contributed by atoms with Gasteiger partial charge in [-0.05, 0) is 18.6 Å². The van der Waals surface area contributed by atoms with E-state index in [1.807, 2.05) is 11.8 Å². The Kier molecular flexibility index (Phi) is 5.04. The van der Waals surface area contributed by atoms with E-state index in [1.54, 1.807) is 0 Å². The molecule has 0 heterocycles. The maximum atomic E-state index is 3.60. The van der Waals surface area contributed by atoms with Gasteiger partial charge in [0.15, 0.2) is 0 Å². The average Bonchev–Trinajstić information content (AvgIpc) is 2.50. The van der Waals surface area contributed by atoms with Crippen molar-refractivity contribution < 1.29 is 0 Å². The minimum Gasteiger partial charge on any atom is -0.313 e. The fourth-order valence-corrected chi connectivity index (χ4v) is 2.16. The third kappa shape index (κ3) is 4.02. The molecular weight excluding hydrogens is 154 g/mol. The van der Waals surface area contributed by atoms with Gasteiger partial charge in [-0.3, -0.25) is 0 Å². The molecule has 11 heavy (non-hydrogen) atoms. The van der Waals surface area contributed by atoms with E-state index in [9.17, 15) is 0 Å². The second-order valence-corrected chi connectivity index (χ2v) is 4.53. The molecule has 0 atom stereocenters. The molecule has 1 fully saturated rings. The van der Waals surface area contributed by atoms with E-state index in [1.165, 1.54) is 43.7 Å². The molecule has 1 aliphatic rings. The Bertz CT molecular complexity index is 89.6. The van der Waals surface area contributed by atoms with Gasteiger partial charge in [-0.2, -0.15) is 11.8 Å². The normalized spacial score (nSPS) is 19.4. The highest BCUT2D eigenvalue weighted by molar-refractivity contribution is 7.99. The van der Waals surface area contributed by atoms with Gasteiger partial charge in [0.1, 0.15) is 0 Å². The molecule has 0 aromatic carbocycles. The van der Waals surface area contributed by atoms with Gasteiger partial charge in [-0.1, -0.05) is 19.8 Å². The Morgan fingerprint density at radius 1 is 1.36 bits per heavy atom. The van der Waals surface area contributed by atoms with Crippen molar-refractivity contribution in [1.29, 1.82) is 0 Å². The first-order chi connectivity index (χ1) is 5.43. The van der Waals surface area contributed by atoms with Crippen LogP contribution in [0, 0.1) is 0 Å². The number of rotatable bonds is 5. The van der Waals surface area contributed by atoms with E-state index in [-0.39, 0.29) is 0 Å². The Labute approximate surface area is 74.3 Å². The fraction of sp³-hybridized carbons (Fsp3) is 1.00. The molecule has 0 amide bonds. The third-order valence-corrected chi connectivity index (χ3v) is 3.14. The lowest BCUT2D eigenvalue weighted by molar-refractivity contribution is 0.545. The van der Waals surface area contributed by atoms with Crippen molar-refractivity contribution in [2.45, 2.75) is 38.6 Å². The molecule has 1 rings (SSSR count). The number of thioether (sulfide) groups is 1. The molecule has 0 aromatic heterocycles. The van der Waals surface area contributed by atoms with Gasteiger partial charge in [0.25, 0.3) is 0 Å². The molecule has 0 unspecified atom stereocenters. The van der Waals surface area contributed by atoms with Gasteiger partial charge < -0.3 is 5.32 Å². The Hall–Kier alpha value is 0.310. The monoisotopic (exact) mass is 173 g/mol. The maximum Gasteiger partial charge on any atom is 0.00673 e. The Morgan fingerprint density at radius 2 is 2.09 bits per heavy atom. The minimum atomic E-state index is 0.854. The van der Waals surface area contributed by atoms with E-state index in [0.717, 1.165) is 6.04 Å². The summed E-state index contributed by atoms with van der Waals surface area (Å²) in [7, 11) is 0. The van der Waals surface area contributed by atoms with Crippen LogP contribution in [0.1, 0.15) is 32.6 Å². The average molecular weight is 173 g/mol. The first-order valence-corrected chi connectivity index (χ1v) is 5.90. The molecule has 0 bridgehead atoms. The van der Waals surface area contributed by atoms with Crippen molar-refractivity contribution in [3.63, 3.8) is 0 Å². The van der Waals surface area contributed by atoms with Crippen molar-refractivity contribution in [2.24, 2.45) is 0 Å². The summed E-state index contributed by atoms with van der Waals surface area (Å²) in [6.07, 6.45) is 5.71. The van der Waals surface area contributed by atoms with Crippen molar-refractivity contribution in [1.82, 2.24) is 5.32 Å². The van der Waals surface area contributed by atoms with E-state index in [2.05, 4.69) is 12.2 Å². The van der Waals surface area contributed by atoms with E-state index < -0.39 is 0 Å². The second kappa shape index (κ2) is 5.90. The van der Waals surface area contributed by atoms with Gasteiger partial charge in [-0.25, -0.2) is 0 Å². The van der Waals surface area contributed by atoms with Crippen LogP contribution in [0.3, 0.4) is 0 Å². The van der Waals surface area contributed by atoms with Crippen molar-refractivity contribution in [3.05, 3.63) is 0 Å². The van der Waals surface area contributed by atoms with Gasteiger partial charge in [0, 0.05) is 18.3 Å². The lowest BCUT2D eigenvalue weighted by atomic mass is 10.2. The largest absolute Gasteiger partial charge is 0.313 e. The third-order valence-electron chi connectivity index (χ3n) is 2.24. The van der Waals surface area contributed by atoms with Crippen molar-refractivity contribution in [2.75, 3.05) is 18.1 Å². The van der Waals surface area contributed by atoms with Crippen LogP contribution in [-0.2, 0) is 0 Å². The van der Waals surface area contributed by atoms with Gasteiger partial charge in [-0.15, -0.1) is 0 Å². The molecule has 66 valence electrons. The lowest BCUT2D eigenvalue weighted by Crippen LogP contribution is -2.28. The molecule has 0 aliphatic heterocycles. The van der Waals surface area contributed by atoms with Crippen LogP contribution >= 0.6 is 11.8 Å². The number of hydrogen-bond donors (Lipinski definition) is 1. The van der Waals surface area contributed by atoms with Crippen LogP contribution in [-0.4, -0.2) is 24.1 Å². The highest BCUT2D eigenvalue weighted by atomic mass is 32.2. The Balaban J connectivity index is 1.86. The zero-order valence-corrected chi connectivity index (χ0v) is 8.25. The van der Waals surface area contributed by atoms with Crippen molar-refractivity contribution in [3.8, 4) is 0 Å². The topological polar surface area (TPSA) is 12.0 Å². The second-order valence-electron chi connectivity index (χ2n) is 3.13. The molecular formula is C9H19NS. The van der Waals surface area contributed by atoms with Crippen LogP contribution in [0.4, 0.5) is 0 Å². The SMILES string of the molecule is CCSCCNC1CCCC1. The fourth-order valence-electron chi connectivity index (χ4n) is 1.61. The number of hydrogen-bond acceptors (Lipinski definition) is 2. The van der Waals surface area contributed by atoms with E-state index in [0.29, 0.717) is 0 Å². The quantitative estimate of drug-likeness (QED) is 0.640. The molecule has 0 spiro atoms. The zero-order chi connectivity index (χ0) is 7.94. The molecule has 0 aromatic rings. The summed E-state index contributed by atoms with van der Waals surface area (Å²) in [5.74, 6) is 2.54. The number of nitrogens with one attached hydrogen (secondary N) is 1. The first-order valence-electron chi connectivity index (χ1n) is 4.74. The van der Waals surface area contributed by atoms with Crippen LogP contribution < -0.4 is 5.32 Å². The molecule has 1 aliphatic carbocycles. The summed E-state index contributed by atoms with van der Waals surface area (Å²) in [6, 6.07) is 0.854. The Morgan fingerprint density at radius 3 is 2.73 bits per heavy atom. The van der Waals surface area contributed by atoms with Gasteiger partial charge >= 0.3 is 0 Å². The van der Waals surface area contributed by atoms with E-state index >= 15 is 0 Å². The summed E-state index contributed by atoms with van der Waals surface area (Å²) < 4.78 is 0. The van der Waals surface area contributed by atoms with Crippen LogP contribution in [0.15, 0.2) is 0 Å². The molecule has 0 radical (unpaired) electrons. The van der Waals surface area contributed by atoms with Gasteiger partial charge in [0.2, 0.25) is 0 Å². The van der Waals surface area contributed by atoms with Crippen LogP contribution in [0.25, 0.3) is 0 Å². The predicted molar refractivity (Wildman–Crippen MR) is 53.3 cm³/mol. The zero-order valence-electron chi connectivity index (χ0n) is 7.44. The molecule has 2 heteroatoms. The molecule has 1 nitrogen and oxygen atoms in total. The molecule has 1 saturated carbocycles. The van der Waals surface area contributed by atoms with Crippen LogP contribution in [0.5, 0.6) is 0 Å². The standard InChI is InChI=1S/C9H19NS/c1-2-11-8-7-10-9-5-3-4-6-9/h9-10H,2-8H2,1H3. The first kappa shape index (κ1) is 9.40. The molecule has 0 saturated heterocycles. The maximum absolute atomic E-state index is 3.60. The summed E-state index contributed by atoms with van der Waals surface area (Å²) in [4.78, 5) is 0. The van der Waals surface area contributed by atoms with Crippen LogP contribution in [0.2, 0.25) is 0 Å². The highest BCUT2D eigenvalue weighted by Crippen LogP contribution is 2.17. The highest BCUT2D eigenvalue weighted by Gasteiger charge is 2.12. The van der Waals surface area contributed by atoms with E-state index in [4.69, 9.17) is 0 Å². The minimum absolute atomic E-state index is 0.854. The van der Waals surface area contributed by atoms with Crippen molar-refractivity contribution >= 4 is 11.8 Å². The molecule has 1 N–H and O–H groups in total. The summed E-state index contributed by atoms with van der Waals surface area (Å²) in [5, 5.41) is 3.60. The summed E-state index contributed by atoms with van der Waals surface area (Å²) in [6.45, 7) is 3.43. The smallest absolute Gasteiger partial charge is 0.00673 e. The lowest BCUT2D eigenvalue weighted by Gasteiger charge is -2.10. The van der Waals surface area contributed by atoms with Gasteiger partial charge in [0.05, 0.1) is 0 Å². The predicted octanol–water partition coefficient (Wildman–Crippen LogP) is 2.27. The summed E-state index contributed by atoms with van der Waals surface area (Å²) >= 11 is 2.03.